The summed E-state index contributed by atoms with van der Waals surface area (Å²) < 4.78 is 13.7. The Labute approximate surface area is 225 Å². The fourth-order valence-electron chi connectivity index (χ4n) is 4.88. The molecule has 3 aromatic rings. The van der Waals surface area contributed by atoms with Gasteiger partial charge in [0.05, 0.1) is 12.6 Å². The summed E-state index contributed by atoms with van der Waals surface area (Å²) >= 11 is 0. The van der Waals surface area contributed by atoms with Gasteiger partial charge < -0.3 is 9.80 Å². The van der Waals surface area contributed by atoms with Crippen LogP contribution in [0.15, 0.2) is 66.9 Å². The lowest BCUT2D eigenvalue weighted by Gasteiger charge is -2.36. The number of nitrogens with zero attached hydrogens (tertiary/aromatic N) is 4. The van der Waals surface area contributed by atoms with Crippen LogP contribution in [0.2, 0.25) is 0 Å². The molecule has 5 nitrogen and oxygen atoms in total. The molecule has 0 radical (unpaired) electrons. The number of carbonyl (C=O) groups excluding carboxylic acids is 1. The van der Waals surface area contributed by atoms with Gasteiger partial charge in [0.15, 0.2) is 0 Å². The quantitative estimate of drug-likeness (QED) is 0.396. The highest BCUT2D eigenvalue weighted by Crippen LogP contribution is 2.31. The van der Waals surface area contributed by atoms with Gasteiger partial charge in [-0.15, -0.1) is 24.8 Å². The van der Waals surface area contributed by atoms with Crippen LogP contribution in [0.4, 0.5) is 15.9 Å². The number of anilines is 2. The first-order valence-electron chi connectivity index (χ1n) is 12.1. The zero-order valence-corrected chi connectivity index (χ0v) is 22.3. The normalized spacial score (nSPS) is 16.8. The second-order valence-corrected chi connectivity index (χ2v) is 9.35. The molecule has 2 aliphatic rings. The third-order valence-corrected chi connectivity index (χ3v) is 6.95. The van der Waals surface area contributed by atoms with E-state index in [9.17, 15) is 9.18 Å². The number of amides is 1. The molecule has 2 heterocycles. The number of pyridine rings is 1. The second-order valence-electron chi connectivity index (χ2n) is 9.35. The molecule has 1 aliphatic carbocycles. The van der Waals surface area contributed by atoms with Crippen LogP contribution in [0.5, 0.6) is 0 Å². The minimum Gasteiger partial charge on any atom is -0.354 e. The molecule has 5 rings (SSSR count). The Balaban J connectivity index is 0.00000180. The number of halogens is 3. The minimum absolute atomic E-state index is 0. The van der Waals surface area contributed by atoms with Gasteiger partial charge in [-0.3, -0.25) is 9.69 Å². The molecule has 1 aliphatic heterocycles. The van der Waals surface area contributed by atoms with Gasteiger partial charge >= 0.3 is 0 Å². The number of benzene rings is 2. The molecular formula is C28H33Cl2FN4O. The van der Waals surface area contributed by atoms with Crippen LogP contribution < -0.4 is 9.80 Å². The van der Waals surface area contributed by atoms with E-state index in [-0.39, 0.29) is 42.6 Å². The van der Waals surface area contributed by atoms with Crippen molar-refractivity contribution in [2.45, 2.75) is 51.4 Å². The molecule has 0 saturated heterocycles. The van der Waals surface area contributed by atoms with E-state index >= 15 is 0 Å². The van der Waals surface area contributed by atoms with Gasteiger partial charge in [-0.1, -0.05) is 30.3 Å². The van der Waals surface area contributed by atoms with Crippen molar-refractivity contribution < 1.29 is 9.18 Å². The average molecular weight is 532 g/mol. The molecule has 0 spiro atoms. The lowest BCUT2D eigenvalue weighted by molar-refractivity contribution is -0.124. The number of hydrogen-bond acceptors (Lipinski definition) is 4. The van der Waals surface area contributed by atoms with Gasteiger partial charge in [0, 0.05) is 31.0 Å². The largest absolute Gasteiger partial charge is 0.354 e. The van der Waals surface area contributed by atoms with Crippen LogP contribution in [-0.4, -0.2) is 41.5 Å². The summed E-state index contributed by atoms with van der Waals surface area (Å²) in [6.45, 7) is 4.21. The Bertz CT molecular complexity index is 1150. The fourth-order valence-corrected chi connectivity index (χ4v) is 4.88. The lowest BCUT2D eigenvalue weighted by Crippen LogP contribution is -2.50. The number of hydrogen-bond donors (Lipinski definition) is 0. The summed E-state index contributed by atoms with van der Waals surface area (Å²) in [5.74, 6) is 0.684. The van der Waals surface area contributed by atoms with Gasteiger partial charge in [-0.25, -0.2) is 9.37 Å². The third-order valence-electron chi connectivity index (χ3n) is 6.95. The first-order valence-corrected chi connectivity index (χ1v) is 12.1. The topological polar surface area (TPSA) is 39.7 Å². The minimum atomic E-state index is -0.314. The third kappa shape index (κ3) is 6.00. The van der Waals surface area contributed by atoms with Crippen LogP contribution in [0, 0.1) is 5.82 Å². The number of aromatic nitrogens is 1. The smallest absolute Gasteiger partial charge is 0.244 e. The van der Waals surface area contributed by atoms with E-state index in [1.54, 1.807) is 17.0 Å². The summed E-state index contributed by atoms with van der Waals surface area (Å²) in [6, 6.07) is 18.9. The standard InChI is InChI=1S/C28H31FN4O.2ClH/c1-3-32(24-13-14-24)27-15-8-20(17-30-27)18-33(25-11-9-23(29)10-12-25)28(34)26-16-21-6-4-5-7-22(21)19-31(26)2;;/h4-12,15,17,24,26H,3,13-14,16,18-19H2,1-2H3;2*1H. The molecule has 1 unspecified atom stereocenters. The maximum atomic E-state index is 13.9. The van der Waals surface area contributed by atoms with Crippen LogP contribution in [-0.2, 0) is 24.3 Å². The van der Waals surface area contributed by atoms with Crippen molar-refractivity contribution in [3.63, 3.8) is 0 Å². The zero-order chi connectivity index (χ0) is 23.7. The SMILES string of the molecule is CCN(c1ccc(CN(C(=O)C2Cc3ccccc3CN2C)c2ccc(F)cc2)cn1)C1CC1.Cl.Cl. The summed E-state index contributed by atoms with van der Waals surface area (Å²) in [7, 11) is 1.99. The van der Waals surface area contributed by atoms with E-state index in [0.717, 1.165) is 24.5 Å². The van der Waals surface area contributed by atoms with E-state index in [4.69, 9.17) is 4.98 Å². The molecule has 36 heavy (non-hydrogen) atoms. The molecule has 0 bridgehead atoms. The van der Waals surface area contributed by atoms with E-state index in [1.807, 2.05) is 31.4 Å². The Morgan fingerprint density at radius 3 is 2.33 bits per heavy atom. The molecule has 0 N–H and O–H groups in total. The first kappa shape index (κ1) is 27.9. The van der Waals surface area contributed by atoms with Crippen molar-refractivity contribution in [1.82, 2.24) is 9.88 Å². The van der Waals surface area contributed by atoms with Gasteiger partial charge in [-0.05, 0) is 80.3 Å². The average Bonchev–Trinajstić information content (AvgIpc) is 3.69. The molecule has 2 aromatic carbocycles. The van der Waals surface area contributed by atoms with E-state index in [1.165, 1.54) is 36.1 Å². The molecule has 1 saturated carbocycles. The summed E-state index contributed by atoms with van der Waals surface area (Å²) in [5.41, 5.74) is 4.12. The maximum absolute atomic E-state index is 13.9. The highest BCUT2D eigenvalue weighted by Gasteiger charge is 2.33. The Morgan fingerprint density at radius 2 is 1.72 bits per heavy atom. The molecule has 8 heteroatoms. The molecule has 1 fully saturated rings. The molecular weight excluding hydrogens is 498 g/mol. The monoisotopic (exact) mass is 530 g/mol. The van der Waals surface area contributed by atoms with Crippen LogP contribution in [0.25, 0.3) is 0 Å². The van der Waals surface area contributed by atoms with Crippen molar-refractivity contribution >= 4 is 42.2 Å². The van der Waals surface area contributed by atoms with Crippen molar-refractivity contribution in [2.75, 3.05) is 23.4 Å². The number of rotatable bonds is 7. The van der Waals surface area contributed by atoms with Crippen molar-refractivity contribution in [2.24, 2.45) is 0 Å². The number of carbonyl (C=O) groups is 1. The van der Waals surface area contributed by atoms with Gasteiger partial charge in [0.25, 0.3) is 0 Å². The Kier molecular flexibility index (Phi) is 9.34. The molecule has 192 valence electrons. The van der Waals surface area contributed by atoms with E-state index in [0.29, 0.717) is 24.7 Å². The summed E-state index contributed by atoms with van der Waals surface area (Å²) in [6.07, 6.45) is 4.97. The first-order chi connectivity index (χ1) is 16.5. The fraction of sp³-hybridized carbons (Fsp3) is 0.357. The van der Waals surface area contributed by atoms with Crippen LogP contribution >= 0.6 is 24.8 Å². The zero-order valence-electron chi connectivity index (χ0n) is 20.6. The Hall–Kier alpha value is -2.67. The van der Waals surface area contributed by atoms with Gasteiger partial charge in [-0.2, -0.15) is 0 Å². The molecule has 1 aromatic heterocycles. The number of likely N-dealkylation sites (N-methyl/N-ethyl adjacent to an activating group) is 1. The molecule has 1 atom stereocenters. The highest BCUT2D eigenvalue weighted by atomic mass is 35.5. The number of fused-ring (bicyclic) bond motifs is 1. The van der Waals surface area contributed by atoms with Gasteiger partial charge in [0.1, 0.15) is 11.6 Å². The predicted molar refractivity (Wildman–Crippen MR) is 148 cm³/mol. The maximum Gasteiger partial charge on any atom is 0.244 e. The van der Waals surface area contributed by atoms with Crippen LogP contribution in [0.3, 0.4) is 0 Å². The summed E-state index contributed by atoms with van der Waals surface area (Å²) in [5, 5.41) is 0. The van der Waals surface area contributed by atoms with Crippen LogP contribution in [0.1, 0.15) is 36.5 Å². The van der Waals surface area contributed by atoms with E-state index in [2.05, 4.69) is 34.9 Å². The molecule has 1 amide bonds. The highest BCUT2D eigenvalue weighted by molar-refractivity contribution is 5.97. The second kappa shape index (κ2) is 12.0. The lowest BCUT2D eigenvalue weighted by atomic mass is 9.93. The predicted octanol–water partition coefficient (Wildman–Crippen LogP) is 5.64. The van der Waals surface area contributed by atoms with Crippen molar-refractivity contribution in [1.29, 1.82) is 0 Å². The van der Waals surface area contributed by atoms with Crippen molar-refractivity contribution in [3.05, 3.63) is 89.4 Å². The van der Waals surface area contributed by atoms with E-state index < -0.39 is 0 Å². The summed E-state index contributed by atoms with van der Waals surface area (Å²) in [4.78, 5) is 24.8. The van der Waals surface area contributed by atoms with Crippen molar-refractivity contribution in [3.8, 4) is 0 Å². The van der Waals surface area contributed by atoms with Gasteiger partial charge in [0.2, 0.25) is 5.91 Å². The Morgan fingerprint density at radius 1 is 1.03 bits per heavy atom.